The Kier molecular flexibility index (Phi) is 5.44. The highest BCUT2D eigenvalue weighted by molar-refractivity contribution is 5.32. The zero-order valence-corrected chi connectivity index (χ0v) is 11.5. The van der Waals surface area contributed by atoms with Gasteiger partial charge in [-0.05, 0) is 43.5 Å². The van der Waals surface area contributed by atoms with E-state index in [1.165, 1.54) is 0 Å². The SMILES string of the molecule is Oc1ccccc1CCCCNCc1ccccc1O. The van der Waals surface area contributed by atoms with Gasteiger partial charge in [-0.2, -0.15) is 0 Å². The summed E-state index contributed by atoms with van der Waals surface area (Å²) in [5.41, 5.74) is 1.93. The van der Waals surface area contributed by atoms with E-state index in [2.05, 4.69) is 5.32 Å². The first-order valence-electron chi connectivity index (χ1n) is 7.02. The van der Waals surface area contributed by atoms with Crippen LogP contribution in [0.5, 0.6) is 11.5 Å². The number of para-hydroxylation sites is 2. The molecule has 0 saturated carbocycles. The molecule has 3 N–H and O–H groups in total. The first-order valence-corrected chi connectivity index (χ1v) is 7.02. The Balaban J connectivity index is 1.63. The summed E-state index contributed by atoms with van der Waals surface area (Å²) in [5, 5.41) is 22.6. The van der Waals surface area contributed by atoms with Crippen LogP contribution >= 0.6 is 0 Å². The molecule has 2 aromatic rings. The summed E-state index contributed by atoms with van der Waals surface area (Å²) in [6, 6.07) is 14.9. The van der Waals surface area contributed by atoms with Crippen molar-refractivity contribution >= 4 is 0 Å². The van der Waals surface area contributed by atoms with Crippen molar-refractivity contribution in [2.45, 2.75) is 25.8 Å². The molecule has 0 saturated heterocycles. The lowest BCUT2D eigenvalue weighted by atomic mass is 10.1. The highest BCUT2D eigenvalue weighted by Gasteiger charge is 2.00. The van der Waals surface area contributed by atoms with Crippen LogP contribution in [0, 0.1) is 0 Å². The van der Waals surface area contributed by atoms with Crippen molar-refractivity contribution in [2.75, 3.05) is 6.54 Å². The largest absolute Gasteiger partial charge is 0.508 e. The molecule has 106 valence electrons. The number of rotatable bonds is 7. The smallest absolute Gasteiger partial charge is 0.120 e. The number of hydrogen-bond acceptors (Lipinski definition) is 3. The maximum absolute atomic E-state index is 9.65. The summed E-state index contributed by atoms with van der Waals surface area (Å²) < 4.78 is 0. The fourth-order valence-electron chi connectivity index (χ4n) is 2.17. The number of aromatic hydroxyl groups is 2. The van der Waals surface area contributed by atoms with E-state index in [0.29, 0.717) is 18.0 Å². The number of nitrogens with one attached hydrogen (secondary N) is 1. The lowest BCUT2D eigenvalue weighted by molar-refractivity contribution is 0.462. The van der Waals surface area contributed by atoms with E-state index in [1.807, 2.05) is 36.4 Å². The number of hydrogen-bond donors (Lipinski definition) is 3. The summed E-state index contributed by atoms with van der Waals surface area (Å²) in [6.45, 7) is 1.59. The van der Waals surface area contributed by atoms with Crippen LogP contribution < -0.4 is 5.32 Å². The molecule has 0 aliphatic carbocycles. The van der Waals surface area contributed by atoms with Gasteiger partial charge in [0.25, 0.3) is 0 Å². The third-order valence-electron chi connectivity index (χ3n) is 3.35. The molecule has 0 atom stereocenters. The Morgan fingerprint density at radius 1 is 0.750 bits per heavy atom. The van der Waals surface area contributed by atoms with Crippen LogP contribution in [0.25, 0.3) is 0 Å². The third kappa shape index (κ3) is 4.28. The lowest BCUT2D eigenvalue weighted by Gasteiger charge is -2.07. The highest BCUT2D eigenvalue weighted by Crippen LogP contribution is 2.18. The van der Waals surface area contributed by atoms with E-state index >= 15 is 0 Å². The predicted molar refractivity (Wildman–Crippen MR) is 80.9 cm³/mol. The Hall–Kier alpha value is -2.00. The van der Waals surface area contributed by atoms with E-state index in [-0.39, 0.29) is 0 Å². The second kappa shape index (κ2) is 7.56. The molecule has 0 aliphatic rings. The van der Waals surface area contributed by atoms with Crippen molar-refractivity contribution in [1.82, 2.24) is 5.32 Å². The summed E-state index contributed by atoms with van der Waals surface area (Å²) in [5.74, 6) is 0.726. The van der Waals surface area contributed by atoms with Gasteiger partial charge >= 0.3 is 0 Å². The molecule has 0 aromatic heterocycles. The second-order valence-corrected chi connectivity index (χ2v) is 4.89. The van der Waals surface area contributed by atoms with Crippen LogP contribution in [-0.4, -0.2) is 16.8 Å². The number of unbranched alkanes of at least 4 members (excludes halogenated alkanes) is 1. The number of aryl methyl sites for hydroxylation is 1. The average Bonchev–Trinajstić information content (AvgIpc) is 2.46. The monoisotopic (exact) mass is 271 g/mol. The van der Waals surface area contributed by atoms with Crippen LogP contribution in [0.1, 0.15) is 24.0 Å². The fraction of sp³-hybridized carbons (Fsp3) is 0.294. The average molecular weight is 271 g/mol. The number of phenols is 2. The van der Waals surface area contributed by atoms with Crippen molar-refractivity contribution in [3.8, 4) is 11.5 Å². The second-order valence-electron chi connectivity index (χ2n) is 4.89. The van der Waals surface area contributed by atoms with E-state index in [4.69, 9.17) is 0 Å². The quantitative estimate of drug-likeness (QED) is 0.678. The highest BCUT2D eigenvalue weighted by atomic mass is 16.3. The minimum absolute atomic E-state index is 0.342. The maximum Gasteiger partial charge on any atom is 0.120 e. The molecule has 0 bridgehead atoms. The van der Waals surface area contributed by atoms with Crippen LogP contribution in [-0.2, 0) is 13.0 Å². The van der Waals surface area contributed by atoms with Gasteiger partial charge in [-0.3, -0.25) is 0 Å². The molecule has 2 aromatic carbocycles. The molecule has 0 spiro atoms. The molecule has 20 heavy (non-hydrogen) atoms. The predicted octanol–water partition coefficient (Wildman–Crippen LogP) is 3.21. The van der Waals surface area contributed by atoms with E-state index in [1.54, 1.807) is 12.1 Å². The number of benzene rings is 2. The van der Waals surface area contributed by atoms with Crippen LogP contribution in [0.4, 0.5) is 0 Å². The first kappa shape index (κ1) is 14.4. The normalized spacial score (nSPS) is 10.6. The zero-order valence-electron chi connectivity index (χ0n) is 11.5. The Bertz CT molecular complexity index is 491. The standard InChI is InChI=1S/C17H21NO2/c19-16-10-3-1-7-14(16)8-5-6-12-18-13-15-9-2-4-11-17(15)20/h1-4,7,9-11,18-20H,5-6,8,12-13H2. The van der Waals surface area contributed by atoms with Crippen LogP contribution in [0.15, 0.2) is 48.5 Å². The molecule has 2 rings (SSSR count). The van der Waals surface area contributed by atoms with Gasteiger partial charge in [0.2, 0.25) is 0 Å². The van der Waals surface area contributed by atoms with Crippen molar-refractivity contribution in [1.29, 1.82) is 0 Å². The van der Waals surface area contributed by atoms with Gasteiger partial charge < -0.3 is 15.5 Å². The fourth-order valence-corrected chi connectivity index (χ4v) is 2.17. The van der Waals surface area contributed by atoms with Gasteiger partial charge in [0.1, 0.15) is 11.5 Å². The van der Waals surface area contributed by atoms with Crippen LogP contribution in [0.2, 0.25) is 0 Å². The molecule has 0 amide bonds. The molecule has 0 heterocycles. The summed E-state index contributed by atoms with van der Waals surface area (Å²) >= 11 is 0. The van der Waals surface area contributed by atoms with Crippen molar-refractivity contribution in [2.24, 2.45) is 0 Å². The first-order chi connectivity index (χ1) is 9.77. The molecule has 3 heteroatoms. The molecule has 0 unspecified atom stereocenters. The van der Waals surface area contributed by atoms with Gasteiger partial charge in [-0.15, -0.1) is 0 Å². The summed E-state index contributed by atoms with van der Waals surface area (Å²) in [6.07, 6.45) is 2.97. The minimum Gasteiger partial charge on any atom is -0.508 e. The Labute approximate surface area is 119 Å². The van der Waals surface area contributed by atoms with Crippen LogP contribution in [0.3, 0.4) is 0 Å². The van der Waals surface area contributed by atoms with Gasteiger partial charge in [-0.1, -0.05) is 36.4 Å². The maximum atomic E-state index is 9.65. The third-order valence-corrected chi connectivity index (χ3v) is 3.35. The summed E-state index contributed by atoms with van der Waals surface area (Å²) in [4.78, 5) is 0. The van der Waals surface area contributed by atoms with E-state index in [9.17, 15) is 10.2 Å². The van der Waals surface area contributed by atoms with Gasteiger partial charge in [-0.25, -0.2) is 0 Å². The van der Waals surface area contributed by atoms with Crippen molar-refractivity contribution < 1.29 is 10.2 Å². The molecular weight excluding hydrogens is 250 g/mol. The molecule has 0 radical (unpaired) electrons. The number of phenolic OH excluding ortho intramolecular Hbond substituents is 2. The van der Waals surface area contributed by atoms with Crippen molar-refractivity contribution in [3.63, 3.8) is 0 Å². The topological polar surface area (TPSA) is 52.5 Å². The van der Waals surface area contributed by atoms with E-state index in [0.717, 1.165) is 36.9 Å². The Morgan fingerprint density at radius 3 is 2.00 bits per heavy atom. The molecule has 0 fully saturated rings. The van der Waals surface area contributed by atoms with E-state index < -0.39 is 0 Å². The zero-order chi connectivity index (χ0) is 14.2. The Morgan fingerprint density at radius 2 is 1.35 bits per heavy atom. The molecular formula is C17H21NO2. The molecule has 3 nitrogen and oxygen atoms in total. The van der Waals surface area contributed by atoms with Gasteiger partial charge in [0.15, 0.2) is 0 Å². The minimum atomic E-state index is 0.342. The van der Waals surface area contributed by atoms with Crippen molar-refractivity contribution in [3.05, 3.63) is 59.7 Å². The van der Waals surface area contributed by atoms with Gasteiger partial charge in [0.05, 0.1) is 0 Å². The van der Waals surface area contributed by atoms with Gasteiger partial charge in [0, 0.05) is 12.1 Å². The summed E-state index contributed by atoms with van der Waals surface area (Å²) in [7, 11) is 0. The lowest BCUT2D eigenvalue weighted by Crippen LogP contribution is -2.14. The molecule has 0 aliphatic heterocycles.